The SMILES string of the molecule is C=CCN1C(=O)C(CCC)C2=C1CCC([N+](=O)[O-])=C2. The molecule has 0 aromatic heterocycles. The molecule has 1 amide bonds. The van der Waals surface area contributed by atoms with Gasteiger partial charge in [0, 0.05) is 24.7 Å². The Balaban J connectivity index is 2.39. The van der Waals surface area contributed by atoms with Crippen molar-refractivity contribution in [2.45, 2.75) is 32.6 Å². The van der Waals surface area contributed by atoms with Crippen LogP contribution in [0.3, 0.4) is 0 Å². The van der Waals surface area contributed by atoms with Gasteiger partial charge in [0.25, 0.3) is 0 Å². The monoisotopic (exact) mass is 262 g/mol. The van der Waals surface area contributed by atoms with Crippen LogP contribution in [0.2, 0.25) is 0 Å². The van der Waals surface area contributed by atoms with Gasteiger partial charge in [-0.15, -0.1) is 6.58 Å². The zero-order chi connectivity index (χ0) is 14.0. The van der Waals surface area contributed by atoms with Gasteiger partial charge >= 0.3 is 0 Å². The maximum Gasteiger partial charge on any atom is 0.246 e. The summed E-state index contributed by atoms with van der Waals surface area (Å²) in [6.07, 6.45) is 5.90. The molecule has 0 N–H and O–H groups in total. The molecule has 0 aromatic rings. The minimum atomic E-state index is -0.340. The quantitative estimate of drug-likeness (QED) is 0.434. The molecule has 1 aliphatic carbocycles. The molecule has 2 aliphatic rings. The highest BCUT2D eigenvalue weighted by atomic mass is 16.6. The van der Waals surface area contributed by atoms with E-state index in [0.717, 1.165) is 24.1 Å². The number of carbonyl (C=O) groups is 1. The van der Waals surface area contributed by atoms with Gasteiger partial charge in [0.05, 0.1) is 10.8 Å². The molecular weight excluding hydrogens is 244 g/mol. The summed E-state index contributed by atoms with van der Waals surface area (Å²) < 4.78 is 0. The van der Waals surface area contributed by atoms with E-state index in [1.807, 2.05) is 6.92 Å². The third-order valence-corrected chi connectivity index (χ3v) is 3.66. The zero-order valence-corrected chi connectivity index (χ0v) is 11.1. The first-order chi connectivity index (χ1) is 9.10. The second-order valence-electron chi connectivity index (χ2n) is 4.87. The minimum Gasteiger partial charge on any atom is -0.312 e. The maximum absolute atomic E-state index is 12.4. The van der Waals surface area contributed by atoms with Crippen molar-refractivity contribution in [1.82, 2.24) is 4.90 Å². The van der Waals surface area contributed by atoms with Gasteiger partial charge in [-0.05, 0) is 18.4 Å². The fraction of sp³-hybridized carbons (Fsp3) is 0.500. The number of nitro groups is 1. The van der Waals surface area contributed by atoms with Gasteiger partial charge in [-0.2, -0.15) is 0 Å². The molecule has 0 saturated carbocycles. The van der Waals surface area contributed by atoms with Crippen molar-refractivity contribution in [3.63, 3.8) is 0 Å². The van der Waals surface area contributed by atoms with Crippen LogP contribution in [0.4, 0.5) is 0 Å². The zero-order valence-electron chi connectivity index (χ0n) is 11.1. The van der Waals surface area contributed by atoms with E-state index in [1.54, 1.807) is 17.1 Å². The van der Waals surface area contributed by atoms with Crippen molar-refractivity contribution in [2.24, 2.45) is 5.92 Å². The Labute approximate surface area is 112 Å². The van der Waals surface area contributed by atoms with E-state index in [2.05, 4.69) is 6.58 Å². The Morgan fingerprint density at radius 3 is 2.89 bits per heavy atom. The summed E-state index contributed by atoms with van der Waals surface area (Å²) in [5.41, 5.74) is 2.02. The largest absolute Gasteiger partial charge is 0.312 e. The van der Waals surface area contributed by atoms with Crippen LogP contribution >= 0.6 is 0 Å². The number of hydrogen-bond acceptors (Lipinski definition) is 3. The highest BCUT2D eigenvalue weighted by molar-refractivity contribution is 5.88. The molecule has 0 aromatic carbocycles. The highest BCUT2D eigenvalue weighted by Crippen LogP contribution is 2.39. The lowest BCUT2D eigenvalue weighted by Gasteiger charge is -2.20. The average Bonchev–Trinajstić information content (AvgIpc) is 2.64. The normalized spacial score (nSPS) is 22.4. The Morgan fingerprint density at radius 1 is 1.58 bits per heavy atom. The van der Waals surface area contributed by atoms with Crippen LogP contribution in [0.25, 0.3) is 0 Å². The first kappa shape index (κ1) is 13.5. The second-order valence-corrected chi connectivity index (χ2v) is 4.87. The van der Waals surface area contributed by atoms with Crippen LogP contribution in [0, 0.1) is 16.0 Å². The van der Waals surface area contributed by atoms with Gasteiger partial charge in [-0.25, -0.2) is 0 Å². The molecule has 1 heterocycles. The van der Waals surface area contributed by atoms with Crippen molar-refractivity contribution in [3.8, 4) is 0 Å². The number of hydrogen-bond donors (Lipinski definition) is 0. The fourth-order valence-corrected chi connectivity index (χ4v) is 2.81. The molecule has 0 bridgehead atoms. The predicted molar refractivity (Wildman–Crippen MR) is 71.6 cm³/mol. The van der Waals surface area contributed by atoms with E-state index < -0.39 is 0 Å². The van der Waals surface area contributed by atoms with Gasteiger partial charge in [-0.1, -0.05) is 19.4 Å². The molecule has 0 spiro atoms. The molecule has 1 atom stereocenters. The molecule has 2 rings (SSSR count). The third-order valence-electron chi connectivity index (χ3n) is 3.66. The first-order valence-electron chi connectivity index (χ1n) is 6.60. The highest BCUT2D eigenvalue weighted by Gasteiger charge is 2.40. The van der Waals surface area contributed by atoms with Crippen LogP contribution in [0.15, 0.2) is 35.7 Å². The maximum atomic E-state index is 12.4. The number of amides is 1. The van der Waals surface area contributed by atoms with E-state index in [1.165, 1.54) is 0 Å². The van der Waals surface area contributed by atoms with Crippen LogP contribution in [-0.4, -0.2) is 22.3 Å². The molecule has 0 radical (unpaired) electrons. The minimum absolute atomic E-state index is 0.0626. The number of rotatable bonds is 5. The van der Waals surface area contributed by atoms with Crippen LogP contribution in [0.5, 0.6) is 0 Å². The van der Waals surface area contributed by atoms with E-state index >= 15 is 0 Å². The molecule has 0 fully saturated rings. The molecule has 5 nitrogen and oxygen atoms in total. The van der Waals surface area contributed by atoms with Crippen molar-refractivity contribution in [3.05, 3.63) is 45.8 Å². The van der Waals surface area contributed by atoms with Gasteiger partial charge in [0.1, 0.15) is 0 Å². The van der Waals surface area contributed by atoms with E-state index in [-0.39, 0.29) is 22.4 Å². The summed E-state index contributed by atoms with van der Waals surface area (Å²) in [6, 6.07) is 0. The van der Waals surface area contributed by atoms with Crippen molar-refractivity contribution in [2.75, 3.05) is 6.54 Å². The summed E-state index contributed by atoms with van der Waals surface area (Å²) in [6.45, 7) is 6.17. The lowest BCUT2D eigenvalue weighted by Crippen LogP contribution is -2.29. The van der Waals surface area contributed by atoms with Crippen LogP contribution in [-0.2, 0) is 4.79 Å². The standard InChI is InChI=1S/C14H18N2O3/c1-3-5-11-12-9-10(16(18)19)6-7-13(12)15(8-4-2)14(11)17/h4,9,11H,2-3,5-8H2,1H3. The summed E-state index contributed by atoms with van der Waals surface area (Å²) in [5.74, 6) is -0.150. The Bertz CT molecular complexity index is 491. The predicted octanol–water partition coefficient (Wildman–Crippen LogP) is 2.64. The van der Waals surface area contributed by atoms with Crippen molar-refractivity contribution >= 4 is 5.91 Å². The first-order valence-corrected chi connectivity index (χ1v) is 6.60. The Hall–Kier alpha value is -1.91. The molecule has 1 aliphatic heterocycles. The Kier molecular flexibility index (Phi) is 3.83. The number of allylic oxidation sites excluding steroid dienone is 3. The van der Waals surface area contributed by atoms with Gasteiger partial charge in [-0.3, -0.25) is 14.9 Å². The summed E-state index contributed by atoms with van der Waals surface area (Å²) in [5, 5.41) is 10.9. The van der Waals surface area contributed by atoms with E-state index in [4.69, 9.17) is 0 Å². The number of nitrogens with zero attached hydrogens (tertiary/aromatic N) is 2. The smallest absolute Gasteiger partial charge is 0.246 e. The van der Waals surface area contributed by atoms with Crippen LogP contribution in [0.1, 0.15) is 32.6 Å². The molecular formula is C14H18N2O3. The van der Waals surface area contributed by atoms with Gasteiger partial charge in [0.2, 0.25) is 11.6 Å². The third kappa shape index (κ3) is 2.32. The Morgan fingerprint density at radius 2 is 2.32 bits per heavy atom. The molecule has 19 heavy (non-hydrogen) atoms. The van der Waals surface area contributed by atoms with Gasteiger partial charge in [0.15, 0.2) is 0 Å². The van der Waals surface area contributed by atoms with Crippen molar-refractivity contribution < 1.29 is 9.72 Å². The lowest BCUT2D eigenvalue weighted by molar-refractivity contribution is -0.428. The summed E-state index contributed by atoms with van der Waals surface area (Å²) in [4.78, 5) is 24.7. The van der Waals surface area contributed by atoms with Crippen LogP contribution < -0.4 is 0 Å². The molecule has 0 saturated heterocycles. The van der Waals surface area contributed by atoms with Gasteiger partial charge < -0.3 is 4.90 Å². The number of carbonyl (C=O) groups excluding carboxylic acids is 1. The molecule has 1 unspecified atom stereocenters. The summed E-state index contributed by atoms with van der Waals surface area (Å²) in [7, 11) is 0. The topological polar surface area (TPSA) is 63.5 Å². The molecule has 5 heteroatoms. The summed E-state index contributed by atoms with van der Waals surface area (Å²) >= 11 is 0. The lowest BCUT2D eigenvalue weighted by atomic mass is 9.91. The molecule has 102 valence electrons. The van der Waals surface area contributed by atoms with Crippen molar-refractivity contribution in [1.29, 1.82) is 0 Å². The average molecular weight is 262 g/mol. The fourth-order valence-electron chi connectivity index (χ4n) is 2.81. The van der Waals surface area contributed by atoms with E-state index in [9.17, 15) is 14.9 Å². The van der Waals surface area contributed by atoms with E-state index in [0.29, 0.717) is 19.4 Å². The second kappa shape index (κ2) is 5.38.